The maximum atomic E-state index is 12.8. The van der Waals surface area contributed by atoms with Crippen molar-refractivity contribution in [2.45, 2.75) is 19.6 Å². The summed E-state index contributed by atoms with van der Waals surface area (Å²) >= 11 is 5.75. The summed E-state index contributed by atoms with van der Waals surface area (Å²) in [5.74, 6) is -1.24. The molecule has 82 valence electrons. The molecule has 1 heterocycles. The minimum atomic E-state index is -1.24. The first-order chi connectivity index (χ1) is 6.97. The van der Waals surface area contributed by atoms with E-state index in [4.69, 9.17) is 16.7 Å². The number of hydrogen-bond acceptors (Lipinski definition) is 2. The fourth-order valence-electron chi connectivity index (χ4n) is 1.16. The molecule has 0 bridgehead atoms. The van der Waals surface area contributed by atoms with Crippen molar-refractivity contribution in [2.24, 2.45) is 0 Å². The monoisotopic (exact) mass is 232 g/mol. The number of aromatic carboxylic acids is 1. The molecule has 0 fully saturated rings. The van der Waals surface area contributed by atoms with Gasteiger partial charge in [0.25, 0.3) is 0 Å². The van der Waals surface area contributed by atoms with E-state index in [1.165, 1.54) is 17.7 Å². The van der Waals surface area contributed by atoms with Gasteiger partial charge in [0.2, 0.25) is 0 Å². The summed E-state index contributed by atoms with van der Waals surface area (Å²) in [6, 6.07) is 0. The number of carboxylic acid groups (broad SMARTS) is 1. The molecule has 1 rings (SSSR count). The average Bonchev–Trinajstić information content (AvgIpc) is 2.41. The Labute approximate surface area is 91.0 Å². The first kappa shape index (κ1) is 11.7. The predicted octanol–water partition coefficient (Wildman–Crippen LogP) is 2.24. The van der Waals surface area contributed by atoms with Crippen molar-refractivity contribution in [3.63, 3.8) is 0 Å². The van der Waals surface area contributed by atoms with Crippen LogP contribution in [0.3, 0.4) is 0 Å². The Balaban J connectivity index is 3.21. The van der Waals surface area contributed by atoms with Crippen molar-refractivity contribution in [1.82, 2.24) is 9.78 Å². The van der Waals surface area contributed by atoms with E-state index in [-0.39, 0.29) is 17.3 Å². The van der Waals surface area contributed by atoms with Crippen LogP contribution in [0.5, 0.6) is 0 Å². The topological polar surface area (TPSA) is 55.1 Å². The Hall–Kier alpha value is -1.36. The van der Waals surface area contributed by atoms with Gasteiger partial charge in [-0.3, -0.25) is 4.68 Å². The smallest absolute Gasteiger partial charge is 0.358 e. The lowest BCUT2D eigenvalue weighted by Crippen LogP contribution is -2.11. The molecule has 1 aromatic rings. The van der Waals surface area contributed by atoms with Crippen LogP contribution >= 0.6 is 11.6 Å². The normalized spacial score (nSPS) is 12.5. The molecule has 0 aromatic carbocycles. The van der Waals surface area contributed by atoms with Crippen molar-refractivity contribution in [1.29, 1.82) is 0 Å². The quantitative estimate of drug-likeness (QED) is 0.866. The van der Waals surface area contributed by atoms with Gasteiger partial charge in [-0.2, -0.15) is 5.10 Å². The second-order valence-electron chi connectivity index (χ2n) is 3.02. The zero-order valence-electron chi connectivity index (χ0n) is 8.07. The van der Waals surface area contributed by atoms with E-state index in [1.54, 1.807) is 0 Å². The molecule has 0 aliphatic carbocycles. The van der Waals surface area contributed by atoms with E-state index < -0.39 is 12.1 Å². The second-order valence-corrected chi connectivity index (χ2v) is 3.40. The van der Waals surface area contributed by atoms with Gasteiger partial charge in [-0.15, -0.1) is 0 Å². The van der Waals surface area contributed by atoms with Crippen molar-refractivity contribution in [3.05, 3.63) is 23.0 Å². The lowest BCUT2D eigenvalue weighted by Gasteiger charge is -2.04. The highest BCUT2D eigenvalue weighted by molar-refractivity contribution is 6.34. The summed E-state index contributed by atoms with van der Waals surface area (Å²) in [6.07, 6.45) is 0.214. The van der Waals surface area contributed by atoms with Gasteiger partial charge in [-0.1, -0.05) is 18.2 Å². The van der Waals surface area contributed by atoms with Gasteiger partial charge in [-0.25, -0.2) is 9.18 Å². The maximum Gasteiger partial charge on any atom is 0.358 e. The molecule has 1 unspecified atom stereocenters. The number of alkyl halides is 1. The summed E-state index contributed by atoms with van der Waals surface area (Å²) in [5, 5.41) is 12.4. The molecule has 0 aliphatic heterocycles. The Bertz CT molecular complexity index is 401. The van der Waals surface area contributed by atoms with Crippen LogP contribution in [-0.2, 0) is 6.54 Å². The Morgan fingerprint density at radius 2 is 2.47 bits per heavy atom. The molecule has 1 aromatic heterocycles. The molecular weight excluding hydrogens is 223 g/mol. The number of carboxylic acids is 1. The van der Waals surface area contributed by atoms with Crippen LogP contribution in [0.4, 0.5) is 4.39 Å². The van der Waals surface area contributed by atoms with Crippen LogP contribution in [0.1, 0.15) is 23.1 Å². The number of aromatic nitrogens is 2. The summed E-state index contributed by atoms with van der Waals surface area (Å²) in [4.78, 5) is 10.7. The minimum absolute atomic E-state index is 0.0156. The van der Waals surface area contributed by atoms with Crippen molar-refractivity contribution < 1.29 is 14.3 Å². The minimum Gasteiger partial charge on any atom is -0.476 e. The van der Waals surface area contributed by atoms with Gasteiger partial charge in [0.1, 0.15) is 11.2 Å². The van der Waals surface area contributed by atoms with Crippen molar-refractivity contribution >= 4 is 23.6 Å². The number of nitrogens with zero attached hydrogens (tertiary/aromatic N) is 2. The third kappa shape index (κ3) is 2.36. The first-order valence-electron chi connectivity index (χ1n) is 4.23. The van der Waals surface area contributed by atoms with Gasteiger partial charge >= 0.3 is 5.97 Å². The second kappa shape index (κ2) is 4.44. The molecule has 0 saturated heterocycles. The van der Waals surface area contributed by atoms with E-state index in [9.17, 15) is 9.18 Å². The molecule has 6 heteroatoms. The van der Waals surface area contributed by atoms with Crippen LogP contribution in [0.15, 0.2) is 6.58 Å². The predicted molar refractivity (Wildman–Crippen MR) is 54.9 cm³/mol. The maximum absolute atomic E-state index is 12.8. The SMILES string of the molecule is C=Cc1c(Cl)c(C(=O)O)nn1CC(C)F. The largest absolute Gasteiger partial charge is 0.476 e. The number of carbonyl (C=O) groups is 1. The molecule has 0 aliphatic rings. The third-order valence-corrected chi connectivity index (χ3v) is 2.12. The fourth-order valence-corrected chi connectivity index (χ4v) is 1.46. The summed E-state index contributed by atoms with van der Waals surface area (Å²) < 4.78 is 14.0. The highest BCUT2D eigenvalue weighted by Gasteiger charge is 2.20. The molecule has 0 saturated carbocycles. The molecule has 1 atom stereocenters. The fraction of sp³-hybridized carbons (Fsp3) is 0.333. The van der Waals surface area contributed by atoms with Gasteiger partial charge in [0.05, 0.1) is 12.2 Å². The number of hydrogen-bond donors (Lipinski definition) is 1. The highest BCUT2D eigenvalue weighted by Crippen LogP contribution is 2.22. The third-order valence-electron chi connectivity index (χ3n) is 1.75. The lowest BCUT2D eigenvalue weighted by atomic mass is 10.3. The zero-order chi connectivity index (χ0) is 11.6. The standard InChI is InChI=1S/C9H10ClFN2O2/c1-3-6-7(10)8(9(14)15)12-13(6)4-5(2)11/h3,5H,1,4H2,2H3,(H,14,15). The van der Waals surface area contributed by atoms with Gasteiger partial charge in [-0.05, 0) is 13.0 Å². The van der Waals surface area contributed by atoms with Crippen LogP contribution < -0.4 is 0 Å². The first-order valence-corrected chi connectivity index (χ1v) is 4.61. The average molecular weight is 233 g/mol. The summed E-state index contributed by atoms with van der Waals surface area (Å²) in [7, 11) is 0. The summed E-state index contributed by atoms with van der Waals surface area (Å²) in [5.41, 5.74) is 0.0331. The van der Waals surface area contributed by atoms with Gasteiger partial charge in [0, 0.05) is 0 Å². The molecule has 4 nitrogen and oxygen atoms in total. The lowest BCUT2D eigenvalue weighted by molar-refractivity contribution is 0.0689. The van der Waals surface area contributed by atoms with Gasteiger partial charge in [0.15, 0.2) is 5.69 Å². The van der Waals surface area contributed by atoms with E-state index in [2.05, 4.69) is 11.7 Å². The van der Waals surface area contributed by atoms with Crippen LogP contribution in [0.2, 0.25) is 5.02 Å². The van der Waals surface area contributed by atoms with Crippen LogP contribution in [0.25, 0.3) is 6.08 Å². The molecule has 0 amide bonds. The van der Waals surface area contributed by atoms with Crippen molar-refractivity contribution in [3.8, 4) is 0 Å². The van der Waals surface area contributed by atoms with E-state index >= 15 is 0 Å². The molecule has 0 radical (unpaired) electrons. The molecule has 0 spiro atoms. The van der Waals surface area contributed by atoms with E-state index in [1.807, 2.05) is 0 Å². The Morgan fingerprint density at radius 3 is 2.87 bits per heavy atom. The zero-order valence-corrected chi connectivity index (χ0v) is 8.83. The Morgan fingerprint density at radius 1 is 1.87 bits per heavy atom. The number of rotatable bonds is 4. The molecular formula is C9H10ClFN2O2. The number of halogens is 2. The van der Waals surface area contributed by atoms with E-state index in [0.29, 0.717) is 5.69 Å². The van der Waals surface area contributed by atoms with Gasteiger partial charge < -0.3 is 5.11 Å². The van der Waals surface area contributed by atoms with E-state index in [0.717, 1.165) is 0 Å². The summed E-state index contributed by atoms with van der Waals surface area (Å²) in [6.45, 7) is 4.77. The highest BCUT2D eigenvalue weighted by atomic mass is 35.5. The van der Waals surface area contributed by atoms with Crippen molar-refractivity contribution in [2.75, 3.05) is 0 Å². The molecule has 1 N–H and O–H groups in total. The van der Waals surface area contributed by atoms with Crippen LogP contribution in [0, 0.1) is 0 Å². The van der Waals surface area contributed by atoms with Crippen LogP contribution in [-0.4, -0.2) is 27.0 Å². The Kier molecular flexibility index (Phi) is 3.47. The molecule has 15 heavy (non-hydrogen) atoms.